The van der Waals surface area contributed by atoms with Gasteiger partial charge in [0, 0.05) is 37.8 Å². The van der Waals surface area contributed by atoms with Crippen LogP contribution >= 0.6 is 0 Å². The third-order valence-corrected chi connectivity index (χ3v) is 4.40. The van der Waals surface area contributed by atoms with Crippen LogP contribution in [0, 0.1) is 6.92 Å². The Kier molecular flexibility index (Phi) is 5.68. The van der Waals surface area contributed by atoms with Crippen molar-refractivity contribution in [3.05, 3.63) is 47.3 Å². The lowest BCUT2D eigenvalue weighted by molar-refractivity contribution is -0.135. The zero-order chi connectivity index (χ0) is 18.5. The summed E-state index contributed by atoms with van der Waals surface area (Å²) in [7, 11) is 0. The number of ketones is 1. The molecule has 2 aromatic rings. The van der Waals surface area contributed by atoms with Gasteiger partial charge in [-0.05, 0) is 38.1 Å². The maximum Gasteiger partial charge on any atom is 0.260 e. The van der Waals surface area contributed by atoms with E-state index in [4.69, 9.17) is 9.26 Å². The number of hydrogen-bond acceptors (Lipinski definition) is 6. The Hall–Kier alpha value is -2.67. The van der Waals surface area contributed by atoms with Crippen molar-refractivity contribution in [1.29, 1.82) is 0 Å². The fraction of sp³-hybridized carbons (Fsp3) is 0.421. The first-order valence-electron chi connectivity index (χ1n) is 8.67. The van der Waals surface area contributed by atoms with Crippen molar-refractivity contribution in [2.24, 2.45) is 0 Å². The molecule has 1 aliphatic rings. The Morgan fingerprint density at radius 3 is 2.42 bits per heavy atom. The molecule has 138 valence electrons. The van der Waals surface area contributed by atoms with E-state index in [0.29, 0.717) is 30.9 Å². The number of rotatable bonds is 6. The minimum atomic E-state index is -0.0317. The molecule has 0 aliphatic carbocycles. The minimum absolute atomic E-state index is 0.000711. The Bertz CT molecular complexity index is 761. The topological polar surface area (TPSA) is 75.9 Å². The summed E-state index contributed by atoms with van der Waals surface area (Å²) < 4.78 is 10.8. The number of piperazine rings is 1. The molecule has 0 bridgehead atoms. The van der Waals surface area contributed by atoms with E-state index in [0.717, 1.165) is 24.5 Å². The van der Waals surface area contributed by atoms with Crippen molar-refractivity contribution < 1.29 is 18.8 Å². The molecular weight excluding hydrogens is 334 g/mol. The molecule has 7 nitrogen and oxygen atoms in total. The number of benzene rings is 1. The molecule has 2 heterocycles. The van der Waals surface area contributed by atoms with Gasteiger partial charge >= 0.3 is 0 Å². The van der Waals surface area contributed by atoms with Gasteiger partial charge < -0.3 is 14.2 Å². The Balaban J connectivity index is 1.42. The van der Waals surface area contributed by atoms with Crippen LogP contribution in [0.3, 0.4) is 0 Å². The lowest BCUT2D eigenvalue weighted by Crippen LogP contribution is -2.49. The molecule has 0 unspecified atom stereocenters. The fourth-order valence-corrected chi connectivity index (χ4v) is 2.89. The van der Waals surface area contributed by atoms with Crippen LogP contribution in [0.15, 0.2) is 34.9 Å². The SMILES string of the molecule is CC(=O)c1ccc(OCC(=O)N2CCN(Cc3cc(C)no3)CC2)cc1. The monoisotopic (exact) mass is 357 g/mol. The van der Waals surface area contributed by atoms with Gasteiger partial charge in [0.25, 0.3) is 5.91 Å². The van der Waals surface area contributed by atoms with Gasteiger partial charge in [0.2, 0.25) is 0 Å². The highest BCUT2D eigenvalue weighted by molar-refractivity contribution is 5.94. The van der Waals surface area contributed by atoms with Crippen LogP contribution in [-0.2, 0) is 11.3 Å². The van der Waals surface area contributed by atoms with E-state index < -0.39 is 0 Å². The van der Waals surface area contributed by atoms with Gasteiger partial charge in [-0.1, -0.05) is 5.16 Å². The predicted molar refractivity (Wildman–Crippen MR) is 95.0 cm³/mol. The molecule has 0 atom stereocenters. The number of carbonyl (C=O) groups is 2. The molecule has 1 aromatic carbocycles. The summed E-state index contributed by atoms with van der Waals surface area (Å²) in [5.74, 6) is 1.41. The van der Waals surface area contributed by atoms with Gasteiger partial charge in [0.15, 0.2) is 18.2 Å². The second-order valence-corrected chi connectivity index (χ2v) is 6.46. The van der Waals surface area contributed by atoms with Crippen molar-refractivity contribution in [1.82, 2.24) is 15.0 Å². The van der Waals surface area contributed by atoms with E-state index in [1.807, 2.05) is 17.9 Å². The Labute approximate surface area is 152 Å². The van der Waals surface area contributed by atoms with Crippen molar-refractivity contribution in [3.63, 3.8) is 0 Å². The van der Waals surface area contributed by atoms with Crippen LogP contribution in [0.25, 0.3) is 0 Å². The van der Waals surface area contributed by atoms with Crippen LogP contribution in [0.1, 0.15) is 28.7 Å². The summed E-state index contributed by atoms with van der Waals surface area (Å²) in [6.07, 6.45) is 0. The second-order valence-electron chi connectivity index (χ2n) is 6.46. The van der Waals surface area contributed by atoms with Crippen LogP contribution < -0.4 is 4.74 Å². The number of Topliss-reactive ketones (excluding diaryl/α,β-unsaturated/α-hetero) is 1. The van der Waals surface area contributed by atoms with E-state index in [9.17, 15) is 9.59 Å². The maximum absolute atomic E-state index is 12.3. The molecule has 0 spiro atoms. The zero-order valence-corrected chi connectivity index (χ0v) is 15.1. The second kappa shape index (κ2) is 8.14. The van der Waals surface area contributed by atoms with E-state index in [2.05, 4.69) is 10.1 Å². The number of amides is 1. The first kappa shape index (κ1) is 18.1. The van der Waals surface area contributed by atoms with Crippen LogP contribution in [-0.4, -0.2) is 59.4 Å². The fourth-order valence-electron chi connectivity index (χ4n) is 2.89. The highest BCUT2D eigenvalue weighted by Crippen LogP contribution is 2.14. The maximum atomic E-state index is 12.3. The number of nitrogens with zero attached hydrogens (tertiary/aromatic N) is 3. The summed E-state index contributed by atoms with van der Waals surface area (Å²) >= 11 is 0. The van der Waals surface area contributed by atoms with E-state index in [1.54, 1.807) is 24.3 Å². The smallest absolute Gasteiger partial charge is 0.260 e. The molecule has 1 aliphatic heterocycles. The third kappa shape index (κ3) is 4.70. The molecule has 7 heteroatoms. The molecule has 1 amide bonds. The average molecular weight is 357 g/mol. The van der Waals surface area contributed by atoms with Crippen molar-refractivity contribution in [2.75, 3.05) is 32.8 Å². The van der Waals surface area contributed by atoms with Gasteiger partial charge in [-0.2, -0.15) is 0 Å². The molecule has 1 fully saturated rings. The molecule has 0 N–H and O–H groups in total. The van der Waals surface area contributed by atoms with Gasteiger partial charge in [-0.25, -0.2) is 0 Å². The summed E-state index contributed by atoms with van der Waals surface area (Å²) in [5, 5.41) is 3.89. The standard InChI is InChI=1S/C19H23N3O4/c1-14-11-18(26-20-14)12-21-7-9-22(10-8-21)19(24)13-25-17-5-3-16(4-6-17)15(2)23/h3-6,11H,7-10,12-13H2,1-2H3. The number of carbonyl (C=O) groups excluding carboxylic acids is 2. The van der Waals surface area contributed by atoms with Gasteiger partial charge in [-0.15, -0.1) is 0 Å². The van der Waals surface area contributed by atoms with Crippen LogP contribution in [0.4, 0.5) is 0 Å². The normalized spacial score (nSPS) is 15.1. The van der Waals surface area contributed by atoms with Crippen molar-refractivity contribution in [2.45, 2.75) is 20.4 Å². The lowest BCUT2D eigenvalue weighted by Gasteiger charge is -2.34. The van der Waals surface area contributed by atoms with E-state index >= 15 is 0 Å². The molecule has 3 rings (SSSR count). The Morgan fingerprint density at radius 1 is 1.15 bits per heavy atom. The van der Waals surface area contributed by atoms with E-state index in [-0.39, 0.29) is 18.3 Å². The van der Waals surface area contributed by atoms with Gasteiger partial charge in [0.05, 0.1) is 12.2 Å². The van der Waals surface area contributed by atoms with Gasteiger partial charge in [0.1, 0.15) is 5.75 Å². The first-order valence-corrected chi connectivity index (χ1v) is 8.67. The highest BCUT2D eigenvalue weighted by atomic mass is 16.5. The molecule has 0 radical (unpaired) electrons. The zero-order valence-electron chi connectivity index (χ0n) is 15.1. The molecule has 1 aromatic heterocycles. The largest absolute Gasteiger partial charge is 0.484 e. The predicted octanol–water partition coefficient (Wildman–Crippen LogP) is 1.91. The first-order chi connectivity index (χ1) is 12.5. The van der Waals surface area contributed by atoms with E-state index in [1.165, 1.54) is 6.92 Å². The van der Waals surface area contributed by atoms with Crippen LogP contribution in [0.5, 0.6) is 5.75 Å². The number of aromatic nitrogens is 1. The number of hydrogen-bond donors (Lipinski definition) is 0. The summed E-state index contributed by atoms with van der Waals surface area (Å²) in [6.45, 7) is 7.04. The van der Waals surface area contributed by atoms with Crippen LogP contribution in [0.2, 0.25) is 0 Å². The summed E-state index contributed by atoms with van der Waals surface area (Å²) in [6, 6.07) is 8.75. The lowest BCUT2D eigenvalue weighted by atomic mass is 10.1. The average Bonchev–Trinajstić information content (AvgIpc) is 3.05. The Morgan fingerprint density at radius 2 is 1.85 bits per heavy atom. The van der Waals surface area contributed by atoms with Crippen molar-refractivity contribution >= 4 is 11.7 Å². The molecule has 0 saturated carbocycles. The number of aryl methyl sites for hydroxylation is 1. The molecule has 1 saturated heterocycles. The molecular formula is C19H23N3O4. The number of ether oxygens (including phenoxy) is 1. The minimum Gasteiger partial charge on any atom is -0.484 e. The summed E-state index contributed by atoms with van der Waals surface area (Å²) in [5.41, 5.74) is 1.50. The quantitative estimate of drug-likeness (QED) is 0.735. The molecule has 26 heavy (non-hydrogen) atoms. The van der Waals surface area contributed by atoms with Crippen molar-refractivity contribution in [3.8, 4) is 5.75 Å². The van der Waals surface area contributed by atoms with Gasteiger partial charge in [-0.3, -0.25) is 14.5 Å². The summed E-state index contributed by atoms with van der Waals surface area (Å²) in [4.78, 5) is 27.6. The third-order valence-electron chi connectivity index (χ3n) is 4.40. The highest BCUT2D eigenvalue weighted by Gasteiger charge is 2.22.